The van der Waals surface area contributed by atoms with Gasteiger partial charge in [-0.25, -0.2) is 4.98 Å². The van der Waals surface area contributed by atoms with Crippen molar-refractivity contribution in [1.29, 1.82) is 0 Å². The summed E-state index contributed by atoms with van der Waals surface area (Å²) in [4.78, 5) is 4.36. The summed E-state index contributed by atoms with van der Waals surface area (Å²) in [5, 5.41) is 0. The lowest BCUT2D eigenvalue weighted by Crippen LogP contribution is -1.82. The summed E-state index contributed by atoms with van der Waals surface area (Å²) >= 11 is 0. The minimum atomic E-state index is 0.432. The zero-order valence-electron chi connectivity index (χ0n) is 11.3. The van der Waals surface area contributed by atoms with Gasteiger partial charge in [-0.3, -0.25) is 0 Å². The van der Waals surface area contributed by atoms with E-state index in [0.29, 0.717) is 5.89 Å². The van der Waals surface area contributed by atoms with Crippen molar-refractivity contribution in [2.24, 2.45) is 0 Å². The number of rotatable bonds is 1. The Morgan fingerprint density at radius 2 is 1.85 bits per heavy atom. The fourth-order valence-electron chi connectivity index (χ4n) is 1.89. The number of benzene rings is 2. The van der Waals surface area contributed by atoms with Crippen molar-refractivity contribution in [3.63, 3.8) is 0 Å². The first kappa shape index (κ1) is 12.3. The van der Waals surface area contributed by atoms with Crippen LogP contribution in [0.2, 0.25) is 0 Å². The molecule has 3 nitrogen and oxygen atoms in total. The predicted molar refractivity (Wildman–Crippen MR) is 77.7 cm³/mol. The van der Waals surface area contributed by atoms with Crippen LogP contribution in [0.5, 0.6) is 5.75 Å². The maximum absolute atomic E-state index is 5.58. The van der Waals surface area contributed by atoms with Gasteiger partial charge in [0, 0.05) is 5.56 Å². The van der Waals surface area contributed by atoms with E-state index in [2.05, 4.69) is 16.8 Å². The van der Waals surface area contributed by atoms with Crippen LogP contribution in [0.3, 0.4) is 0 Å². The number of ether oxygens (including phenoxy) is 1. The van der Waals surface area contributed by atoms with Gasteiger partial charge in [0.2, 0.25) is 0 Å². The Morgan fingerprint density at radius 1 is 1.05 bits per heavy atom. The first-order chi connectivity index (χ1) is 9.74. The van der Waals surface area contributed by atoms with Gasteiger partial charge in [0.05, 0.1) is 7.11 Å². The summed E-state index contributed by atoms with van der Waals surface area (Å²) in [6, 6.07) is 13.4. The number of hydrogen-bond acceptors (Lipinski definition) is 3. The molecule has 0 aliphatic carbocycles. The van der Waals surface area contributed by atoms with Crippen molar-refractivity contribution in [2.75, 3.05) is 7.11 Å². The van der Waals surface area contributed by atoms with Crippen LogP contribution in [0, 0.1) is 18.8 Å². The number of aromatic nitrogens is 1. The number of aryl methyl sites for hydroxylation is 1. The lowest BCUT2D eigenvalue weighted by atomic mass is 10.2. The molecule has 0 radical (unpaired) electrons. The molecule has 0 saturated carbocycles. The Morgan fingerprint density at radius 3 is 2.60 bits per heavy atom. The Hall–Kier alpha value is -2.73. The van der Waals surface area contributed by atoms with Crippen LogP contribution >= 0.6 is 0 Å². The molecule has 0 atom stereocenters. The van der Waals surface area contributed by atoms with E-state index in [1.165, 1.54) is 0 Å². The van der Waals surface area contributed by atoms with Crippen molar-refractivity contribution in [3.8, 4) is 17.6 Å². The fraction of sp³-hybridized carbons (Fsp3) is 0.118. The lowest BCUT2D eigenvalue weighted by molar-refractivity contribution is 0.415. The van der Waals surface area contributed by atoms with E-state index in [1.54, 1.807) is 7.11 Å². The van der Waals surface area contributed by atoms with Gasteiger partial charge < -0.3 is 9.15 Å². The zero-order chi connectivity index (χ0) is 13.9. The number of oxazole rings is 1. The van der Waals surface area contributed by atoms with Crippen LogP contribution in [0.1, 0.15) is 17.0 Å². The SMILES string of the molecule is COc1ccc(C#Cc2nc3cc(C)ccc3o2)cc1. The molecule has 0 spiro atoms. The van der Waals surface area contributed by atoms with Crippen LogP contribution < -0.4 is 4.74 Å². The second kappa shape index (κ2) is 5.10. The number of fused-ring (bicyclic) bond motifs is 1. The molecule has 0 unspecified atom stereocenters. The molecule has 3 rings (SSSR count). The Balaban J connectivity index is 1.90. The molecule has 0 aliphatic heterocycles. The third kappa shape index (κ3) is 2.50. The summed E-state index contributed by atoms with van der Waals surface area (Å²) in [5.41, 5.74) is 3.64. The second-order valence-corrected chi connectivity index (χ2v) is 4.47. The van der Waals surface area contributed by atoms with Crippen LogP contribution in [-0.2, 0) is 0 Å². The standard InChI is InChI=1S/C17H13NO2/c1-12-3-9-16-15(11-12)18-17(20-16)10-6-13-4-7-14(19-2)8-5-13/h3-5,7-9,11H,1-2H3. The minimum Gasteiger partial charge on any atom is -0.497 e. The smallest absolute Gasteiger partial charge is 0.274 e. The number of nitrogens with zero attached hydrogens (tertiary/aromatic N) is 1. The third-order valence-electron chi connectivity index (χ3n) is 2.95. The van der Waals surface area contributed by atoms with Gasteiger partial charge in [-0.2, -0.15) is 0 Å². The van der Waals surface area contributed by atoms with Crippen LogP contribution in [0.4, 0.5) is 0 Å². The molecule has 1 aromatic heterocycles. The van der Waals surface area contributed by atoms with Crippen LogP contribution in [0.15, 0.2) is 46.9 Å². The molecule has 2 aromatic carbocycles. The zero-order valence-corrected chi connectivity index (χ0v) is 11.3. The van der Waals surface area contributed by atoms with Gasteiger partial charge in [-0.1, -0.05) is 12.0 Å². The highest BCUT2D eigenvalue weighted by molar-refractivity contribution is 5.73. The van der Waals surface area contributed by atoms with E-state index in [-0.39, 0.29) is 0 Å². The molecule has 98 valence electrons. The second-order valence-electron chi connectivity index (χ2n) is 4.47. The Bertz CT molecular complexity index is 804. The summed E-state index contributed by atoms with van der Waals surface area (Å²) in [6.07, 6.45) is 0. The summed E-state index contributed by atoms with van der Waals surface area (Å²) < 4.78 is 10.7. The van der Waals surface area contributed by atoms with E-state index in [9.17, 15) is 0 Å². The molecular weight excluding hydrogens is 250 g/mol. The van der Waals surface area contributed by atoms with Crippen LogP contribution in [-0.4, -0.2) is 12.1 Å². The molecular formula is C17H13NO2. The first-order valence-electron chi connectivity index (χ1n) is 6.28. The average Bonchev–Trinajstić information content (AvgIpc) is 2.87. The van der Waals surface area contributed by atoms with Crippen molar-refractivity contribution in [3.05, 3.63) is 59.5 Å². The molecule has 1 heterocycles. The maximum Gasteiger partial charge on any atom is 0.274 e. The number of methoxy groups -OCH3 is 1. The van der Waals surface area contributed by atoms with E-state index >= 15 is 0 Å². The van der Waals surface area contributed by atoms with Gasteiger partial charge in [-0.15, -0.1) is 0 Å². The first-order valence-corrected chi connectivity index (χ1v) is 6.28. The minimum absolute atomic E-state index is 0.432. The topological polar surface area (TPSA) is 35.3 Å². The highest BCUT2D eigenvalue weighted by atomic mass is 16.5. The Labute approximate surface area is 117 Å². The fourth-order valence-corrected chi connectivity index (χ4v) is 1.89. The molecule has 3 aromatic rings. The van der Waals surface area contributed by atoms with E-state index in [0.717, 1.165) is 28.0 Å². The van der Waals surface area contributed by atoms with E-state index in [1.807, 2.05) is 49.4 Å². The summed E-state index contributed by atoms with van der Waals surface area (Å²) in [6.45, 7) is 2.02. The molecule has 0 bridgehead atoms. The predicted octanol–water partition coefficient (Wildman–Crippen LogP) is 3.54. The molecule has 0 amide bonds. The van der Waals surface area contributed by atoms with Crippen molar-refractivity contribution < 1.29 is 9.15 Å². The third-order valence-corrected chi connectivity index (χ3v) is 2.95. The highest BCUT2D eigenvalue weighted by Gasteiger charge is 2.02. The van der Waals surface area contributed by atoms with Crippen molar-refractivity contribution in [2.45, 2.75) is 6.92 Å². The van der Waals surface area contributed by atoms with E-state index < -0.39 is 0 Å². The summed E-state index contributed by atoms with van der Waals surface area (Å²) in [5.74, 6) is 7.21. The summed E-state index contributed by atoms with van der Waals surface area (Å²) in [7, 11) is 1.64. The quantitative estimate of drug-likeness (QED) is 0.630. The largest absolute Gasteiger partial charge is 0.497 e. The maximum atomic E-state index is 5.58. The van der Waals surface area contributed by atoms with Crippen LogP contribution in [0.25, 0.3) is 11.1 Å². The Kier molecular flexibility index (Phi) is 3.14. The van der Waals surface area contributed by atoms with Gasteiger partial charge in [0.15, 0.2) is 5.58 Å². The van der Waals surface area contributed by atoms with Gasteiger partial charge in [-0.05, 0) is 54.8 Å². The molecule has 0 fully saturated rings. The molecule has 0 saturated heterocycles. The van der Waals surface area contributed by atoms with Crippen molar-refractivity contribution in [1.82, 2.24) is 4.98 Å². The normalized spacial score (nSPS) is 10.1. The molecule has 3 heteroatoms. The van der Waals surface area contributed by atoms with Gasteiger partial charge in [0.1, 0.15) is 11.3 Å². The average molecular weight is 263 g/mol. The van der Waals surface area contributed by atoms with Gasteiger partial charge >= 0.3 is 0 Å². The monoisotopic (exact) mass is 263 g/mol. The highest BCUT2D eigenvalue weighted by Crippen LogP contribution is 2.16. The van der Waals surface area contributed by atoms with Gasteiger partial charge in [0.25, 0.3) is 5.89 Å². The molecule has 0 aliphatic rings. The molecule has 20 heavy (non-hydrogen) atoms. The number of hydrogen-bond donors (Lipinski definition) is 0. The van der Waals surface area contributed by atoms with Crippen molar-refractivity contribution >= 4 is 11.1 Å². The van der Waals surface area contributed by atoms with E-state index in [4.69, 9.17) is 9.15 Å². The molecule has 0 N–H and O–H groups in total. The lowest BCUT2D eigenvalue weighted by Gasteiger charge is -1.97.